The van der Waals surface area contributed by atoms with Gasteiger partial charge >= 0.3 is 0 Å². The maximum atomic E-state index is 3.81. The van der Waals surface area contributed by atoms with Crippen molar-refractivity contribution in [1.29, 1.82) is 0 Å². The number of hydrogen-bond donors (Lipinski definition) is 1. The van der Waals surface area contributed by atoms with E-state index in [4.69, 9.17) is 0 Å². The summed E-state index contributed by atoms with van der Waals surface area (Å²) in [4.78, 5) is 2.36. The average Bonchev–Trinajstić information content (AvgIpc) is 2.40. The fourth-order valence-electron chi connectivity index (χ4n) is 2.06. The Morgan fingerprint density at radius 2 is 2.15 bits per heavy atom. The lowest BCUT2D eigenvalue weighted by atomic mass is 10.1. The molecule has 0 radical (unpaired) electrons. The lowest BCUT2D eigenvalue weighted by Gasteiger charge is -2.19. The van der Waals surface area contributed by atoms with Crippen LogP contribution in [0, 0.1) is 5.92 Å². The first-order chi connectivity index (χ1) is 9.56. The zero-order valence-corrected chi connectivity index (χ0v) is 14.5. The third kappa shape index (κ3) is 6.21. The van der Waals surface area contributed by atoms with Crippen LogP contribution < -0.4 is 5.32 Å². The molecule has 0 spiro atoms. The molecule has 2 nitrogen and oxygen atoms in total. The van der Waals surface area contributed by atoms with Crippen molar-refractivity contribution in [2.75, 3.05) is 19.6 Å². The molecule has 0 heterocycles. The molecule has 0 atom stereocenters. The molecule has 0 unspecified atom stereocenters. The maximum absolute atomic E-state index is 3.81. The van der Waals surface area contributed by atoms with Gasteiger partial charge in [-0.05, 0) is 36.2 Å². The summed E-state index contributed by atoms with van der Waals surface area (Å²) in [5.41, 5.74) is 2.66. The smallest absolute Gasteiger partial charge is 0.0248 e. The molecule has 1 aromatic carbocycles. The molecule has 3 heteroatoms. The van der Waals surface area contributed by atoms with Crippen LogP contribution in [-0.4, -0.2) is 24.5 Å². The first kappa shape index (κ1) is 17.4. The summed E-state index contributed by atoms with van der Waals surface area (Å²) in [7, 11) is 0. The van der Waals surface area contributed by atoms with Crippen LogP contribution in [0.2, 0.25) is 0 Å². The van der Waals surface area contributed by atoms with Crippen LogP contribution in [0.3, 0.4) is 0 Å². The van der Waals surface area contributed by atoms with E-state index < -0.39 is 0 Å². The Morgan fingerprint density at radius 3 is 2.70 bits per heavy atom. The van der Waals surface area contributed by atoms with E-state index in [-0.39, 0.29) is 0 Å². The topological polar surface area (TPSA) is 15.3 Å². The zero-order valence-electron chi connectivity index (χ0n) is 13.0. The van der Waals surface area contributed by atoms with Gasteiger partial charge in [-0.15, -0.1) is 6.58 Å². The molecule has 0 bridgehead atoms. The summed E-state index contributed by atoms with van der Waals surface area (Å²) < 4.78 is 1.20. The van der Waals surface area contributed by atoms with Gasteiger partial charge in [0.2, 0.25) is 0 Å². The van der Waals surface area contributed by atoms with Crippen molar-refractivity contribution in [2.45, 2.75) is 33.9 Å². The van der Waals surface area contributed by atoms with Crippen LogP contribution in [0.25, 0.3) is 0 Å². The Bertz CT molecular complexity index is 415. The molecule has 1 N–H and O–H groups in total. The molecule has 0 aliphatic heterocycles. The highest BCUT2D eigenvalue weighted by atomic mass is 79.9. The number of nitrogens with one attached hydrogen (secondary N) is 1. The van der Waals surface area contributed by atoms with Gasteiger partial charge in [0.15, 0.2) is 0 Å². The Morgan fingerprint density at radius 1 is 1.40 bits per heavy atom. The van der Waals surface area contributed by atoms with E-state index in [1.807, 2.05) is 6.08 Å². The molecular weight excluding hydrogens is 312 g/mol. The number of likely N-dealkylation sites (N-methyl/N-ethyl adjacent to an activating group) is 1. The summed E-state index contributed by atoms with van der Waals surface area (Å²) in [5, 5.41) is 3.48. The van der Waals surface area contributed by atoms with E-state index in [2.05, 4.69) is 71.7 Å². The van der Waals surface area contributed by atoms with Crippen LogP contribution >= 0.6 is 15.9 Å². The van der Waals surface area contributed by atoms with Crippen LogP contribution in [-0.2, 0) is 13.1 Å². The minimum Gasteiger partial charge on any atom is -0.312 e. The normalized spacial score (nSPS) is 11.3. The standard InChI is InChI=1S/C17H27BrN2/c1-5-9-20(6-2)13-16-8-7-15(10-17(16)18)12-19-11-14(3)4/h5,7-8,10,14,19H,1,6,9,11-13H2,2-4H3. The van der Waals surface area contributed by atoms with Crippen LogP contribution in [0.15, 0.2) is 35.3 Å². The maximum Gasteiger partial charge on any atom is 0.0248 e. The third-order valence-corrected chi connectivity index (χ3v) is 3.97. The van der Waals surface area contributed by atoms with Crippen LogP contribution in [0.4, 0.5) is 0 Å². The minimum atomic E-state index is 0.690. The summed E-state index contributed by atoms with van der Waals surface area (Å²) in [6.45, 7) is 15.4. The van der Waals surface area contributed by atoms with Gasteiger partial charge < -0.3 is 5.32 Å². The quantitative estimate of drug-likeness (QED) is 0.678. The van der Waals surface area contributed by atoms with Gasteiger partial charge in [0.1, 0.15) is 0 Å². The van der Waals surface area contributed by atoms with Crippen molar-refractivity contribution in [3.8, 4) is 0 Å². The predicted octanol–water partition coefficient (Wildman–Crippen LogP) is 4.20. The highest BCUT2D eigenvalue weighted by Crippen LogP contribution is 2.20. The Labute approximate surface area is 132 Å². The van der Waals surface area contributed by atoms with Crippen molar-refractivity contribution in [3.05, 3.63) is 46.5 Å². The average molecular weight is 339 g/mol. The van der Waals surface area contributed by atoms with E-state index in [1.165, 1.54) is 15.6 Å². The molecule has 0 amide bonds. The lowest BCUT2D eigenvalue weighted by molar-refractivity contribution is 0.311. The van der Waals surface area contributed by atoms with Crippen molar-refractivity contribution in [1.82, 2.24) is 10.2 Å². The van der Waals surface area contributed by atoms with Gasteiger partial charge in [-0.2, -0.15) is 0 Å². The van der Waals surface area contributed by atoms with Crippen molar-refractivity contribution < 1.29 is 0 Å². The highest BCUT2D eigenvalue weighted by Gasteiger charge is 2.06. The molecule has 0 saturated heterocycles. The second kappa shape index (κ2) is 9.32. The van der Waals surface area contributed by atoms with Gasteiger partial charge in [-0.25, -0.2) is 0 Å². The van der Waals surface area contributed by atoms with Gasteiger partial charge in [-0.3, -0.25) is 4.90 Å². The van der Waals surface area contributed by atoms with Crippen LogP contribution in [0.5, 0.6) is 0 Å². The van der Waals surface area contributed by atoms with Gasteiger partial charge in [-0.1, -0.05) is 54.9 Å². The van der Waals surface area contributed by atoms with E-state index in [9.17, 15) is 0 Å². The highest BCUT2D eigenvalue weighted by molar-refractivity contribution is 9.10. The van der Waals surface area contributed by atoms with Gasteiger partial charge in [0.25, 0.3) is 0 Å². The lowest BCUT2D eigenvalue weighted by Crippen LogP contribution is -2.23. The molecule has 0 saturated carbocycles. The second-order valence-corrected chi connectivity index (χ2v) is 6.42. The summed E-state index contributed by atoms with van der Waals surface area (Å²) >= 11 is 3.70. The molecule has 0 fully saturated rings. The zero-order chi connectivity index (χ0) is 15.0. The Kier molecular flexibility index (Phi) is 8.12. The van der Waals surface area contributed by atoms with Crippen molar-refractivity contribution >= 4 is 15.9 Å². The fraction of sp³-hybridized carbons (Fsp3) is 0.529. The molecule has 20 heavy (non-hydrogen) atoms. The monoisotopic (exact) mass is 338 g/mol. The first-order valence-electron chi connectivity index (χ1n) is 7.38. The first-order valence-corrected chi connectivity index (χ1v) is 8.17. The fourth-order valence-corrected chi connectivity index (χ4v) is 2.61. The van der Waals surface area contributed by atoms with Gasteiger partial charge in [0.05, 0.1) is 0 Å². The molecule has 0 aromatic heterocycles. The number of benzene rings is 1. The van der Waals surface area contributed by atoms with E-state index in [1.54, 1.807) is 0 Å². The SMILES string of the molecule is C=CCN(CC)Cc1ccc(CNCC(C)C)cc1Br. The summed E-state index contributed by atoms with van der Waals surface area (Å²) in [6.07, 6.45) is 1.96. The van der Waals surface area contributed by atoms with Gasteiger partial charge in [0, 0.05) is 24.1 Å². The largest absolute Gasteiger partial charge is 0.312 e. The second-order valence-electron chi connectivity index (χ2n) is 5.57. The molecule has 0 aliphatic carbocycles. The number of rotatable bonds is 9. The molecule has 1 rings (SSSR count). The van der Waals surface area contributed by atoms with Crippen molar-refractivity contribution in [3.63, 3.8) is 0 Å². The Balaban J connectivity index is 2.60. The predicted molar refractivity (Wildman–Crippen MR) is 91.8 cm³/mol. The minimum absolute atomic E-state index is 0.690. The third-order valence-electron chi connectivity index (χ3n) is 3.23. The van der Waals surface area contributed by atoms with E-state index >= 15 is 0 Å². The molecular formula is C17H27BrN2. The van der Waals surface area contributed by atoms with E-state index in [0.717, 1.165) is 32.7 Å². The molecule has 1 aromatic rings. The molecule has 112 valence electrons. The van der Waals surface area contributed by atoms with E-state index in [0.29, 0.717) is 5.92 Å². The summed E-state index contributed by atoms with van der Waals surface area (Å²) in [6, 6.07) is 6.67. The number of nitrogens with zero attached hydrogens (tertiary/aromatic N) is 1. The molecule has 0 aliphatic rings. The number of halogens is 1. The van der Waals surface area contributed by atoms with Crippen LogP contribution in [0.1, 0.15) is 31.9 Å². The summed E-state index contributed by atoms with van der Waals surface area (Å²) in [5.74, 6) is 0.690. The number of hydrogen-bond acceptors (Lipinski definition) is 2. The van der Waals surface area contributed by atoms with Crippen molar-refractivity contribution in [2.24, 2.45) is 5.92 Å². The Hall–Kier alpha value is -0.640.